The Balaban J connectivity index is 0.00000208. The van der Waals surface area contributed by atoms with Crippen LogP contribution in [0.5, 0.6) is 5.75 Å². The van der Waals surface area contributed by atoms with Crippen LogP contribution in [0.3, 0.4) is 0 Å². The van der Waals surface area contributed by atoms with Crippen molar-refractivity contribution in [1.29, 1.82) is 0 Å². The van der Waals surface area contributed by atoms with Gasteiger partial charge in [0.2, 0.25) is 0 Å². The van der Waals surface area contributed by atoms with Gasteiger partial charge in [-0.15, -0.1) is 0 Å². The number of hydrogen-bond donors (Lipinski definition) is 1. The molecule has 0 bridgehead atoms. The summed E-state index contributed by atoms with van der Waals surface area (Å²) in [7, 11) is 0. The molecule has 0 amide bonds. The number of ether oxygens (including phenoxy) is 1. The highest BCUT2D eigenvalue weighted by atomic mass is 16.5. The Kier molecular flexibility index (Phi) is 6.59. The van der Waals surface area contributed by atoms with E-state index in [1.807, 2.05) is 18.2 Å². The second kappa shape index (κ2) is 8.90. The molecule has 3 aromatic rings. The van der Waals surface area contributed by atoms with Crippen LogP contribution in [0.15, 0.2) is 84.9 Å². The third-order valence-electron chi connectivity index (χ3n) is 4.08. The summed E-state index contributed by atoms with van der Waals surface area (Å²) in [5, 5.41) is 0. The van der Waals surface area contributed by atoms with E-state index in [1.165, 1.54) is 16.7 Å². The summed E-state index contributed by atoms with van der Waals surface area (Å²) in [4.78, 5) is 0. The fourth-order valence-electron chi connectivity index (χ4n) is 2.72. The Hall–Kier alpha value is -2.58. The highest BCUT2D eigenvalue weighted by Gasteiger charge is 2.06. The molecule has 0 radical (unpaired) electrons. The normalized spacial score (nSPS) is 11.4. The third kappa shape index (κ3) is 4.97. The summed E-state index contributed by atoms with van der Waals surface area (Å²) in [5.41, 5.74) is 3.92. The predicted molar refractivity (Wildman–Crippen MR) is 101 cm³/mol. The molecule has 3 aromatic carbocycles. The van der Waals surface area contributed by atoms with Gasteiger partial charge in [0.1, 0.15) is 12.4 Å². The molecule has 0 saturated carbocycles. The zero-order chi connectivity index (χ0) is 15.9. The molecule has 24 heavy (non-hydrogen) atoms. The molecule has 0 aliphatic heterocycles. The molecule has 0 saturated heterocycles. The molecule has 2 heteroatoms. The van der Waals surface area contributed by atoms with Gasteiger partial charge in [0, 0.05) is 0 Å². The molecule has 0 aromatic heterocycles. The smallest absolute Gasteiger partial charge is 0.119 e. The average molecular weight is 319 g/mol. The summed E-state index contributed by atoms with van der Waals surface area (Å²) >= 11 is 0. The molecule has 3 N–H and O–H groups in total. The van der Waals surface area contributed by atoms with Gasteiger partial charge < -0.3 is 10.9 Å². The van der Waals surface area contributed by atoms with Gasteiger partial charge in [0.05, 0.1) is 0 Å². The monoisotopic (exact) mass is 319 g/mol. The minimum atomic E-state index is 0. The Morgan fingerprint density at radius 3 is 1.92 bits per heavy atom. The van der Waals surface area contributed by atoms with E-state index >= 15 is 0 Å². The first-order chi connectivity index (χ1) is 11.3. The lowest BCUT2D eigenvalue weighted by atomic mass is 9.94. The van der Waals surface area contributed by atoms with Crippen LogP contribution >= 0.6 is 0 Å². The summed E-state index contributed by atoms with van der Waals surface area (Å²) in [6, 6.07) is 29.4. The van der Waals surface area contributed by atoms with Crippen LogP contribution < -0.4 is 10.9 Å². The second-order valence-electron chi connectivity index (χ2n) is 5.93. The van der Waals surface area contributed by atoms with Gasteiger partial charge in [0.15, 0.2) is 0 Å². The average Bonchev–Trinajstić information content (AvgIpc) is 2.63. The molecule has 2 nitrogen and oxygen atoms in total. The van der Waals surface area contributed by atoms with Crippen molar-refractivity contribution in [3.63, 3.8) is 0 Å². The van der Waals surface area contributed by atoms with Gasteiger partial charge in [-0.05, 0) is 41.2 Å². The van der Waals surface area contributed by atoms with Crippen molar-refractivity contribution in [1.82, 2.24) is 6.15 Å². The standard InChI is InChI=1S/C22H22O.H3N/c1-18(21-10-6-3-7-11-21)16-19-12-14-22(15-13-19)23-17-20-8-4-2-5-9-20;/h2-15,18H,16-17H2,1H3;1H3. The van der Waals surface area contributed by atoms with Crippen molar-refractivity contribution in [2.24, 2.45) is 0 Å². The SMILES string of the molecule is CC(Cc1ccc(OCc2ccccc2)cc1)c1ccccc1.N. The minimum absolute atomic E-state index is 0. The first kappa shape index (κ1) is 17.8. The predicted octanol–water partition coefficient (Wildman–Crippen LogP) is 5.77. The Morgan fingerprint density at radius 1 is 0.708 bits per heavy atom. The second-order valence-corrected chi connectivity index (χ2v) is 5.93. The lowest BCUT2D eigenvalue weighted by Crippen LogP contribution is -1.99. The van der Waals surface area contributed by atoms with Crippen LogP contribution in [0, 0.1) is 0 Å². The van der Waals surface area contributed by atoms with Crippen LogP contribution in [-0.4, -0.2) is 0 Å². The maximum atomic E-state index is 5.84. The maximum absolute atomic E-state index is 5.84. The van der Waals surface area contributed by atoms with Gasteiger partial charge in [-0.2, -0.15) is 0 Å². The van der Waals surface area contributed by atoms with Crippen LogP contribution in [0.4, 0.5) is 0 Å². The van der Waals surface area contributed by atoms with E-state index in [9.17, 15) is 0 Å². The molecule has 1 unspecified atom stereocenters. The van der Waals surface area contributed by atoms with E-state index < -0.39 is 0 Å². The lowest BCUT2D eigenvalue weighted by molar-refractivity contribution is 0.306. The highest BCUT2D eigenvalue weighted by Crippen LogP contribution is 2.22. The van der Waals surface area contributed by atoms with Crippen molar-refractivity contribution < 1.29 is 4.74 Å². The fraction of sp³-hybridized carbons (Fsp3) is 0.182. The topological polar surface area (TPSA) is 44.2 Å². The molecule has 124 valence electrons. The van der Waals surface area contributed by atoms with E-state index in [2.05, 4.69) is 73.7 Å². The van der Waals surface area contributed by atoms with Crippen LogP contribution in [-0.2, 0) is 13.0 Å². The van der Waals surface area contributed by atoms with E-state index in [0.717, 1.165) is 12.2 Å². The van der Waals surface area contributed by atoms with Crippen LogP contribution in [0.25, 0.3) is 0 Å². The van der Waals surface area contributed by atoms with Gasteiger partial charge in [-0.3, -0.25) is 0 Å². The fourth-order valence-corrected chi connectivity index (χ4v) is 2.72. The number of hydrogen-bond acceptors (Lipinski definition) is 2. The van der Waals surface area contributed by atoms with Gasteiger partial charge in [-0.25, -0.2) is 0 Å². The largest absolute Gasteiger partial charge is 0.489 e. The summed E-state index contributed by atoms with van der Waals surface area (Å²) in [6.07, 6.45) is 1.04. The molecule has 3 rings (SSSR count). The first-order valence-electron chi connectivity index (χ1n) is 8.12. The Labute approximate surface area is 144 Å². The van der Waals surface area contributed by atoms with Crippen LogP contribution in [0.2, 0.25) is 0 Å². The van der Waals surface area contributed by atoms with E-state index in [-0.39, 0.29) is 6.15 Å². The minimum Gasteiger partial charge on any atom is -0.489 e. The van der Waals surface area contributed by atoms with Crippen LogP contribution in [0.1, 0.15) is 29.5 Å². The zero-order valence-corrected chi connectivity index (χ0v) is 14.2. The van der Waals surface area contributed by atoms with Crippen molar-refractivity contribution in [2.45, 2.75) is 25.9 Å². The summed E-state index contributed by atoms with van der Waals surface area (Å²) in [6.45, 7) is 2.88. The van der Waals surface area contributed by atoms with Crippen molar-refractivity contribution in [3.05, 3.63) is 102 Å². The number of benzene rings is 3. The first-order valence-corrected chi connectivity index (χ1v) is 8.12. The van der Waals surface area contributed by atoms with Crippen molar-refractivity contribution in [2.75, 3.05) is 0 Å². The van der Waals surface area contributed by atoms with E-state index in [4.69, 9.17) is 4.74 Å². The Morgan fingerprint density at radius 2 is 1.29 bits per heavy atom. The number of rotatable bonds is 6. The summed E-state index contributed by atoms with van der Waals surface area (Å²) < 4.78 is 5.84. The third-order valence-corrected chi connectivity index (χ3v) is 4.08. The molecule has 0 heterocycles. The van der Waals surface area contributed by atoms with E-state index in [0.29, 0.717) is 12.5 Å². The summed E-state index contributed by atoms with van der Waals surface area (Å²) in [5.74, 6) is 1.44. The van der Waals surface area contributed by atoms with Crippen molar-refractivity contribution >= 4 is 0 Å². The highest BCUT2D eigenvalue weighted by molar-refractivity contribution is 5.30. The Bertz CT molecular complexity index is 708. The van der Waals surface area contributed by atoms with E-state index in [1.54, 1.807) is 0 Å². The quantitative estimate of drug-likeness (QED) is 0.626. The lowest BCUT2D eigenvalue weighted by Gasteiger charge is -2.12. The molecule has 0 fully saturated rings. The molecule has 0 aliphatic carbocycles. The van der Waals surface area contributed by atoms with Crippen molar-refractivity contribution in [3.8, 4) is 5.75 Å². The maximum Gasteiger partial charge on any atom is 0.119 e. The molecular formula is C22H25NO. The van der Waals surface area contributed by atoms with Gasteiger partial charge in [-0.1, -0.05) is 79.7 Å². The molecule has 0 aliphatic rings. The molecular weight excluding hydrogens is 294 g/mol. The van der Waals surface area contributed by atoms with Gasteiger partial charge in [0.25, 0.3) is 0 Å². The molecule has 1 atom stereocenters. The zero-order valence-electron chi connectivity index (χ0n) is 14.2. The molecule has 0 spiro atoms. The van der Waals surface area contributed by atoms with Gasteiger partial charge >= 0.3 is 0 Å².